The number of benzene rings is 3. The Bertz CT molecular complexity index is 1000. The molecule has 0 saturated heterocycles. The number of carbonyl (C=O) groups is 1. The third-order valence-electron chi connectivity index (χ3n) is 3.59. The van der Waals surface area contributed by atoms with Gasteiger partial charge in [-0.1, -0.05) is 36.1 Å². The van der Waals surface area contributed by atoms with Crippen LogP contribution in [-0.2, 0) is 0 Å². The highest BCUT2D eigenvalue weighted by atomic mass is 16.6. The largest absolute Gasteiger partial charge is 0.322 e. The van der Waals surface area contributed by atoms with Crippen molar-refractivity contribution in [2.24, 2.45) is 0 Å². The molecule has 0 aliphatic rings. The van der Waals surface area contributed by atoms with Crippen molar-refractivity contribution in [3.05, 3.63) is 106 Å². The second kappa shape index (κ2) is 7.77. The summed E-state index contributed by atoms with van der Waals surface area (Å²) in [5.41, 5.74) is 2.58. The van der Waals surface area contributed by atoms with Crippen molar-refractivity contribution in [2.75, 3.05) is 5.32 Å². The summed E-state index contributed by atoms with van der Waals surface area (Å²) in [7, 11) is 0. The van der Waals surface area contributed by atoms with Crippen LogP contribution in [0.5, 0.6) is 0 Å². The summed E-state index contributed by atoms with van der Waals surface area (Å²) in [4.78, 5) is 22.4. The number of amides is 1. The van der Waals surface area contributed by atoms with E-state index >= 15 is 0 Å². The monoisotopic (exact) mass is 342 g/mol. The van der Waals surface area contributed by atoms with Gasteiger partial charge in [0, 0.05) is 34.5 Å². The number of nitro groups is 1. The van der Waals surface area contributed by atoms with Gasteiger partial charge < -0.3 is 5.32 Å². The Labute approximate surface area is 150 Å². The van der Waals surface area contributed by atoms with E-state index in [2.05, 4.69) is 17.2 Å². The van der Waals surface area contributed by atoms with Crippen molar-refractivity contribution in [3.8, 4) is 11.8 Å². The molecular weight excluding hydrogens is 328 g/mol. The summed E-state index contributed by atoms with van der Waals surface area (Å²) in [6, 6.07) is 22.3. The highest BCUT2D eigenvalue weighted by molar-refractivity contribution is 6.04. The maximum Gasteiger partial charge on any atom is 0.269 e. The van der Waals surface area contributed by atoms with Crippen molar-refractivity contribution < 1.29 is 9.72 Å². The Morgan fingerprint density at radius 1 is 0.846 bits per heavy atom. The first-order chi connectivity index (χ1) is 12.6. The highest BCUT2D eigenvalue weighted by Gasteiger charge is 2.09. The smallest absolute Gasteiger partial charge is 0.269 e. The molecule has 0 saturated carbocycles. The summed E-state index contributed by atoms with van der Waals surface area (Å²) in [5.74, 6) is 5.78. The average Bonchev–Trinajstić information content (AvgIpc) is 2.67. The number of rotatable bonds is 3. The first-order valence-electron chi connectivity index (χ1n) is 7.85. The van der Waals surface area contributed by atoms with E-state index in [1.54, 1.807) is 18.2 Å². The van der Waals surface area contributed by atoms with Crippen molar-refractivity contribution in [3.63, 3.8) is 0 Å². The highest BCUT2D eigenvalue weighted by Crippen LogP contribution is 2.15. The zero-order valence-corrected chi connectivity index (χ0v) is 13.7. The minimum absolute atomic E-state index is 0.0558. The minimum Gasteiger partial charge on any atom is -0.322 e. The third kappa shape index (κ3) is 4.34. The van der Waals surface area contributed by atoms with Crippen LogP contribution in [0, 0.1) is 22.0 Å². The topological polar surface area (TPSA) is 72.2 Å². The van der Waals surface area contributed by atoms with Crippen molar-refractivity contribution in [1.82, 2.24) is 0 Å². The van der Waals surface area contributed by atoms with Crippen LogP contribution in [0.3, 0.4) is 0 Å². The SMILES string of the molecule is O=C(Nc1cccc(C#Cc2ccccc2)c1)c1ccc([N+](=O)[O-])cc1. The van der Waals surface area contributed by atoms with Crippen molar-refractivity contribution in [2.45, 2.75) is 0 Å². The Morgan fingerprint density at radius 3 is 2.19 bits per heavy atom. The molecule has 0 atom stereocenters. The maximum atomic E-state index is 12.3. The molecule has 0 radical (unpaired) electrons. The van der Waals surface area contributed by atoms with Crippen LogP contribution in [0.2, 0.25) is 0 Å². The zero-order chi connectivity index (χ0) is 18.4. The van der Waals surface area contributed by atoms with Gasteiger partial charge in [0.15, 0.2) is 0 Å². The molecule has 0 aromatic heterocycles. The molecule has 3 aromatic carbocycles. The molecule has 1 N–H and O–H groups in total. The van der Waals surface area contributed by atoms with Gasteiger partial charge in [0.1, 0.15) is 0 Å². The predicted molar refractivity (Wildman–Crippen MR) is 99.9 cm³/mol. The van der Waals surface area contributed by atoms with E-state index in [0.717, 1.165) is 11.1 Å². The van der Waals surface area contributed by atoms with Gasteiger partial charge in [-0.25, -0.2) is 0 Å². The summed E-state index contributed by atoms with van der Waals surface area (Å²) in [6.45, 7) is 0. The average molecular weight is 342 g/mol. The molecule has 0 bridgehead atoms. The molecule has 126 valence electrons. The van der Waals surface area contributed by atoms with Gasteiger partial charge in [-0.05, 0) is 42.5 Å². The lowest BCUT2D eigenvalue weighted by molar-refractivity contribution is -0.384. The van der Waals surface area contributed by atoms with E-state index < -0.39 is 4.92 Å². The van der Waals surface area contributed by atoms with Crippen molar-refractivity contribution >= 4 is 17.3 Å². The molecule has 0 fully saturated rings. The fourth-order valence-corrected chi connectivity index (χ4v) is 2.28. The normalized spacial score (nSPS) is 9.69. The van der Waals surface area contributed by atoms with E-state index in [1.165, 1.54) is 24.3 Å². The summed E-state index contributed by atoms with van der Waals surface area (Å²) in [5, 5.41) is 13.4. The molecular formula is C21H14N2O3. The molecule has 5 nitrogen and oxygen atoms in total. The van der Waals surface area contributed by atoms with E-state index in [1.807, 2.05) is 36.4 Å². The van der Waals surface area contributed by atoms with Crippen molar-refractivity contribution in [1.29, 1.82) is 0 Å². The first-order valence-corrected chi connectivity index (χ1v) is 7.85. The second-order valence-corrected chi connectivity index (χ2v) is 5.45. The Balaban J connectivity index is 1.73. The molecule has 0 spiro atoms. The molecule has 3 aromatic rings. The molecule has 26 heavy (non-hydrogen) atoms. The van der Waals surface area contributed by atoms with Gasteiger partial charge in [0.25, 0.3) is 11.6 Å². The molecule has 3 rings (SSSR count). The Hall–Kier alpha value is -3.91. The maximum absolute atomic E-state index is 12.3. The molecule has 0 aliphatic heterocycles. The second-order valence-electron chi connectivity index (χ2n) is 5.45. The molecule has 1 amide bonds. The van der Waals surface area contributed by atoms with Crippen LogP contribution in [0.1, 0.15) is 21.5 Å². The third-order valence-corrected chi connectivity index (χ3v) is 3.59. The van der Waals surface area contributed by atoms with Gasteiger partial charge in [0.05, 0.1) is 4.92 Å². The van der Waals surface area contributed by atoms with E-state index in [9.17, 15) is 14.9 Å². The van der Waals surface area contributed by atoms with Crippen LogP contribution in [0.25, 0.3) is 0 Å². The lowest BCUT2D eigenvalue weighted by atomic mass is 10.1. The fraction of sp³-hybridized carbons (Fsp3) is 0. The van der Waals surface area contributed by atoms with E-state index in [-0.39, 0.29) is 11.6 Å². The summed E-state index contributed by atoms with van der Waals surface area (Å²) >= 11 is 0. The molecule has 5 heteroatoms. The van der Waals surface area contributed by atoms with Gasteiger partial charge >= 0.3 is 0 Å². The Kier molecular flexibility index (Phi) is 5.06. The standard InChI is InChI=1S/C21H14N2O3/c24-21(18-11-13-20(14-12-18)23(25)26)22-19-8-4-7-17(15-19)10-9-16-5-2-1-3-6-16/h1-8,11-15H,(H,22,24). The zero-order valence-electron chi connectivity index (χ0n) is 13.7. The van der Waals surface area contributed by atoms with Crippen LogP contribution in [0.4, 0.5) is 11.4 Å². The molecule has 0 aliphatic carbocycles. The Morgan fingerprint density at radius 2 is 1.50 bits per heavy atom. The number of nitro benzene ring substituents is 1. The van der Waals surface area contributed by atoms with Gasteiger partial charge in [-0.3, -0.25) is 14.9 Å². The number of non-ortho nitro benzene ring substituents is 1. The predicted octanol–water partition coefficient (Wildman–Crippen LogP) is 4.25. The van der Waals surface area contributed by atoms with Crippen LogP contribution < -0.4 is 5.32 Å². The van der Waals surface area contributed by atoms with Crippen LogP contribution in [-0.4, -0.2) is 10.8 Å². The number of nitrogens with zero attached hydrogens (tertiary/aromatic N) is 1. The number of nitrogens with one attached hydrogen (secondary N) is 1. The summed E-state index contributed by atoms with van der Waals surface area (Å²) in [6.07, 6.45) is 0. The van der Waals surface area contributed by atoms with E-state index in [0.29, 0.717) is 11.3 Å². The number of hydrogen-bond acceptors (Lipinski definition) is 3. The van der Waals surface area contributed by atoms with Gasteiger partial charge in [-0.2, -0.15) is 0 Å². The lowest BCUT2D eigenvalue weighted by Gasteiger charge is -2.05. The molecule has 0 heterocycles. The molecule has 0 unspecified atom stereocenters. The van der Waals surface area contributed by atoms with Gasteiger partial charge in [0.2, 0.25) is 0 Å². The minimum atomic E-state index is -0.503. The number of carbonyl (C=O) groups excluding carboxylic acids is 1. The van der Waals surface area contributed by atoms with Gasteiger partial charge in [-0.15, -0.1) is 0 Å². The quantitative estimate of drug-likeness (QED) is 0.439. The van der Waals surface area contributed by atoms with Crippen LogP contribution >= 0.6 is 0 Å². The number of hydrogen-bond donors (Lipinski definition) is 1. The van der Waals surface area contributed by atoms with Crippen LogP contribution in [0.15, 0.2) is 78.9 Å². The van der Waals surface area contributed by atoms with E-state index in [4.69, 9.17) is 0 Å². The number of anilines is 1. The summed E-state index contributed by atoms with van der Waals surface area (Å²) < 4.78 is 0. The lowest BCUT2D eigenvalue weighted by Crippen LogP contribution is -2.11. The fourth-order valence-electron chi connectivity index (χ4n) is 2.28. The first kappa shape index (κ1) is 16.9.